The summed E-state index contributed by atoms with van der Waals surface area (Å²) < 4.78 is 0. The van der Waals surface area contributed by atoms with Gasteiger partial charge in [-0.1, -0.05) is 24.3 Å². The van der Waals surface area contributed by atoms with Crippen molar-refractivity contribution in [3.8, 4) is 11.3 Å². The van der Waals surface area contributed by atoms with Crippen LogP contribution in [0.3, 0.4) is 0 Å². The second-order valence-corrected chi connectivity index (χ2v) is 5.33. The second-order valence-electron chi connectivity index (χ2n) is 5.33. The molecule has 1 atom stereocenters. The highest BCUT2D eigenvalue weighted by atomic mass is 16.4. The van der Waals surface area contributed by atoms with Crippen LogP contribution < -0.4 is 0 Å². The van der Waals surface area contributed by atoms with E-state index < -0.39 is 12.0 Å². The Morgan fingerprint density at radius 2 is 2.09 bits per heavy atom. The number of carbonyl (C=O) groups is 2. The number of hydrogen-bond donors (Lipinski definition) is 1. The average Bonchev–Trinajstić information content (AvgIpc) is 3.07. The predicted octanol–water partition coefficient (Wildman–Crippen LogP) is 1.06. The number of aromatic nitrogens is 3. The lowest BCUT2D eigenvalue weighted by Crippen LogP contribution is -2.37. The van der Waals surface area contributed by atoms with Crippen molar-refractivity contribution in [2.45, 2.75) is 25.4 Å². The first kappa shape index (κ1) is 14.2. The third-order valence-corrected chi connectivity index (χ3v) is 3.82. The molecule has 114 valence electrons. The van der Waals surface area contributed by atoms with Gasteiger partial charge in [-0.05, 0) is 12.0 Å². The molecule has 1 fully saturated rings. The first-order valence-corrected chi connectivity index (χ1v) is 7.02. The fourth-order valence-corrected chi connectivity index (χ4v) is 2.64. The predicted molar refractivity (Wildman–Crippen MR) is 77.6 cm³/mol. The van der Waals surface area contributed by atoms with E-state index in [0.717, 1.165) is 16.8 Å². The van der Waals surface area contributed by atoms with Crippen LogP contribution in [0.5, 0.6) is 0 Å². The largest absolute Gasteiger partial charge is 0.480 e. The Hall–Kier alpha value is -2.70. The highest BCUT2D eigenvalue weighted by Gasteiger charge is 2.35. The summed E-state index contributed by atoms with van der Waals surface area (Å²) in [5.41, 5.74) is 2.60. The monoisotopic (exact) mass is 300 g/mol. The van der Waals surface area contributed by atoms with E-state index in [1.54, 1.807) is 13.2 Å². The van der Waals surface area contributed by atoms with Crippen molar-refractivity contribution >= 4 is 11.9 Å². The first-order chi connectivity index (χ1) is 10.5. The summed E-state index contributed by atoms with van der Waals surface area (Å²) in [6, 6.07) is 6.85. The molecular weight excluding hydrogens is 284 g/mol. The Morgan fingerprint density at radius 3 is 2.68 bits per heavy atom. The molecule has 7 heteroatoms. The van der Waals surface area contributed by atoms with Gasteiger partial charge in [0.25, 0.3) is 0 Å². The molecule has 1 unspecified atom stereocenters. The molecule has 1 amide bonds. The van der Waals surface area contributed by atoms with Crippen molar-refractivity contribution < 1.29 is 14.7 Å². The molecule has 0 saturated carbocycles. The van der Waals surface area contributed by atoms with Crippen molar-refractivity contribution in [1.82, 2.24) is 19.9 Å². The molecule has 0 radical (unpaired) electrons. The highest BCUT2D eigenvalue weighted by molar-refractivity contribution is 5.87. The molecule has 1 N–H and O–H groups in total. The zero-order chi connectivity index (χ0) is 15.7. The van der Waals surface area contributed by atoms with Crippen molar-refractivity contribution in [1.29, 1.82) is 0 Å². The standard InChI is InChI=1S/C15H16N4O3/c1-18-16-8-12(17-18)11-4-2-10(3-5-11)9-19-13(15(21)22)6-7-14(19)20/h2-5,8,13H,6-7,9H2,1H3,(H,21,22). The van der Waals surface area contributed by atoms with E-state index in [1.165, 1.54) is 9.70 Å². The number of benzene rings is 1. The molecule has 1 aromatic carbocycles. The summed E-state index contributed by atoms with van der Waals surface area (Å²) in [5.74, 6) is -1.05. The van der Waals surface area contributed by atoms with Gasteiger partial charge >= 0.3 is 5.97 Å². The third-order valence-electron chi connectivity index (χ3n) is 3.82. The molecule has 2 aromatic rings. The van der Waals surface area contributed by atoms with Crippen molar-refractivity contribution in [2.24, 2.45) is 7.05 Å². The molecule has 22 heavy (non-hydrogen) atoms. The van der Waals surface area contributed by atoms with Crippen LogP contribution in [-0.2, 0) is 23.2 Å². The second kappa shape index (κ2) is 5.59. The summed E-state index contributed by atoms with van der Waals surface area (Å²) in [4.78, 5) is 25.9. The Morgan fingerprint density at radius 1 is 1.36 bits per heavy atom. The Bertz CT molecular complexity index is 708. The van der Waals surface area contributed by atoms with Gasteiger partial charge in [0.1, 0.15) is 11.7 Å². The summed E-state index contributed by atoms with van der Waals surface area (Å²) in [6.07, 6.45) is 2.36. The quantitative estimate of drug-likeness (QED) is 0.912. The molecule has 1 aromatic heterocycles. The summed E-state index contributed by atoms with van der Waals surface area (Å²) in [7, 11) is 1.75. The van der Waals surface area contributed by atoms with Crippen LogP contribution in [0.15, 0.2) is 30.5 Å². The van der Waals surface area contributed by atoms with Crippen molar-refractivity contribution in [3.05, 3.63) is 36.0 Å². The lowest BCUT2D eigenvalue weighted by molar-refractivity contribution is -0.146. The van der Waals surface area contributed by atoms with Gasteiger partial charge in [0.05, 0.1) is 6.20 Å². The van der Waals surface area contributed by atoms with Gasteiger partial charge in [-0.2, -0.15) is 15.0 Å². The molecule has 7 nitrogen and oxygen atoms in total. The maximum absolute atomic E-state index is 11.8. The number of nitrogens with zero attached hydrogens (tertiary/aromatic N) is 4. The molecule has 3 rings (SSSR count). The molecule has 0 bridgehead atoms. The van der Waals surface area contributed by atoms with Crippen LogP contribution in [0.2, 0.25) is 0 Å². The fourth-order valence-electron chi connectivity index (χ4n) is 2.64. The van der Waals surface area contributed by atoms with E-state index in [1.807, 2.05) is 24.3 Å². The van der Waals surface area contributed by atoms with Crippen LogP contribution in [0.4, 0.5) is 0 Å². The zero-order valence-electron chi connectivity index (χ0n) is 12.1. The summed E-state index contributed by atoms with van der Waals surface area (Å²) >= 11 is 0. The van der Waals surface area contributed by atoms with E-state index in [9.17, 15) is 9.59 Å². The van der Waals surface area contributed by atoms with Crippen molar-refractivity contribution in [2.75, 3.05) is 0 Å². The van der Waals surface area contributed by atoms with Crippen LogP contribution in [0.1, 0.15) is 18.4 Å². The number of amides is 1. The number of carboxylic acids is 1. The number of aryl methyl sites for hydroxylation is 1. The Kier molecular flexibility index (Phi) is 3.62. The van der Waals surface area contributed by atoms with E-state index in [-0.39, 0.29) is 5.91 Å². The van der Waals surface area contributed by atoms with Gasteiger partial charge in [0.15, 0.2) is 0 Å². The molecule has 1 aliphatic heterocycles. The minimum atomic E-state index is -0.943. The Labute approximate surface area is 127 Å². The maximum Gasteiger partial charge on any atom is 0.326 e. The number of hydrogen-bond acceptors (Lipinski definition) is 4. The fraction of sp³-hybridized carbons (Fsp3) is 0.333. The molecule has 2 heterocycles. The van der Waals surface area contributed by atoms with E-state index >= 15 is 0 Å². The molecule has 0 spiro atoms. The van der Waals surface area contributed by atoms with Gasteiger partial charge in [-0.15, -0.1) is 0 Å². The smallest absolute Gasteiger partial charge is 0.326 e. The minimum Gasteiger partial charge on any atom is -0.480 e. The zero-order valence-corrected chi connectivity index (χ0v) is 12.1. The van der Waals surface area contributed by atoms with Crippen LogP contribution >= 0.6 is 0 Å². The van der Waals surface area contributed by atoms with Gasteiger partial charge < -0.3 is 10.0 Å². The van der Waals surface area contributed by atoms with Crippen LogP contribution in [0.25, 0.3) is 11.3 Å². The van der Waals surface area contributed by atoms with Gasteiger partial charge in [0, 0.05) is 25.6 Å². The van der Waals surface area contributed by atoms with Gasteiger partial charge in [-0.25, -0.2) is 4.79 Å². The molecular formula is C15H16N4O3. The van der Waals surface area contributed by atoms with Crippen molar-refractivity contribution in [3.63, 3.8) is 0 Å². The summed E-state index contributed by atoms with van der Waals surface area (Å²) in [6.45, 7) is 0.316. The van der Waals surface area contributed by atoms with E-state index in [2.05, 4.69) is 10.2 Å². The normalized spacial score (nSPS) is 18.0. The van der Waals surface area contributed by atoms with Crippen LogP contribution in [0, 0.1) is 0 Å². The SMILES string of the molecule is Cn1ncc(-c2ccc(CN3C(=O)CCC3C(=O)O)cc2)n1. The Balaban J connectivity index is 1.76. The number of rotatable bonds is 4. The number of likely N-dealkylation sites (tertiary alicyclic amines) is 1. The summed E-state index contributed by atoms with van der Waals surface area (Å²) in [5, 5.41) is 17.4. The lowest BCUT2D eigenvalue weighted by Gasteiger charge is -2.21. The molecule has 1 saturated heterocycles. The lowest BCUT2D eigenvalue weighted by atomic mass is 10.1. The van der Waals surface area contributed by atoms with Gasteiger partial charge in [-0.3, -0.25) is 4.79 Å². The molecule has 0 aliphatic carbocycles. The third kappa shape index (κ3) is 2.69. The minimum absolute atomic E-state index is 0.106. The topological polar surface area (TPSA) is 88.3 Å². The van der Waals surface area contributed by atoms with E-state index in [0.29, 0.717) is 19.4 Å². The number of carbonyl (C=O) groups excluding carboxylic acids is 1. The molecule has 1 aliphatic rings. The highest BCUT2D eigenvalue weighted by Crippen LogP contribution is 2.23. The van der Waals surface area contributed by atoms with Gasteiger partial charge in [0.2, 0.25) is 5.91 Å². The van der Waals surface area contributed by atoms with Crippen LogP contribution in [-0.4, -0.2) is 42.9 Å². The first-order valence-electron chi connectivity index (χ1n) is 7.02. The number of carboxylic acid groups (broad SMARTS) is 1. The maximum atomic E-state index is 11.8. The number of aliphatic carboxylic acids is 1. The average molecular weight is 300 g/mol. The van der Waals surface area contributed by atoms with E-state index in [4.69, 9.17) is 5.11 Å².